The van der Waals surface area contributed by atoms with Gasteiger partial charge in [-0.25, -0.2) is 0 Å². The Bertz CT molecular complexity index is 643. The van der Waals surface area contributed by atoms with Crippen LogP contribution in [0.1, 0.15) is 22.2 Å². The van der Waals surface area contributed by atoms with Crippen LogP contribution in [0.4, 0.5) is 11.4 Å². The highest BCUT2D eigenvalue weighted by Crippen LogP contribution is 2.28. The highest BCUT2D eigenvalue weighted by Gasteiger charge is 2.24. The van der Waals surface area contributed by atoms with Crippen LogP contribution in [-0.4, -0.2) is 22.4 Å². The summed E-state index contributed by atoms with van der Waals surface area (Å²) >= 11 is 1.41. The second-order valence-electron chi connectivity index (χ2n) is 4.14. The quantitative estimate of drug-likeness (QED) is 0.631. The minimum absolute atomic E-state index is 0.0444. The van der Waals surface area contributed by atoms with Gasteiger partial charge in [-0.15, -0.1) is 11.3 Å². The van der Waals surface area contributed by atoms with Crippen LogP contribution in [0, 0.1) is 10.1 Å². The number of rotatable bonds is 6. The fourth-order valence-electron chi connectivity index (χ4n) is 1.85. The molecule has 1 aromatic carbocycles. The number of aromatic nitrogens is 1. The number of nitro groups is 1. The van der Waals surface area contributed by atoms with E-state index in [1.165, 1.54) is 17.4 Å². The van der Waals surface area contributed by atoms with Crippen molar-refractivity contribution in [3.05, 3.63) is 50.5 Å². The van der Waals surface area contributed by atoms with E-state index in [1.54, 1.807) is 23.8 Å². The van der Waals surface area contributed by atoms with Gasteiger partial charge in [0.1, 0.15) is 11.3 Å². The average Bonchev–Trinajstić information content (AvgIpc) is 2.98. The summed E-state index contributed by atoms with van der Waals surface area (Å²) in [6, 6.07) is 4.65. The summed E-state index contributed by atoms with van der Waals surface area (Å²) in [5.41, 5.74) is 1.84. The van der Waals surface area contributed by atoms with Crippen molar-refractivity contribution < 1.29 is 9.72 Å². The molecule has 0 radical (unpaired) electrons. The predicted octanol–water partition coefficient (Wildman–Crippen LogP) is 2.41. The third-order valence-corrected chi connectivity index (χ3v) is 3.52. The molecule has 0 unspecified atom stereocenters. The lowest BCUT2D eigenvalue weighted by Crippen LogP contribution is -2.23. The number of hydrogen-bond donors (Lipinski definition) is 2. The molecule has 1 aromatic heterocycles. The van der Waals surface area contributed by atoms with E-state index in [4.69, 9.17) is 0 Å². The van der Waals surface area contributed by atoms with Gasteiger partial charge in [0.15, 0.2) is 0 Å². The van der Waals surface area contributed by atoms with Crippen LogP contribution in [0.3, 0.4) is 0 Å². The number of amides is 1. The monoisotopic (exact) mass is 306 g/mol. The van der Waals surface area contributed by atoms with Crippen LogP contribution < -0.4 is 10.6 Å². The topological polar surface area (TPSA) is 97.2 Å². The van der Waals surface area contributed by atoms with E-state index in [0.29, 0.717) is 18.8 Å². The van der Waals surface area contributed by atoms with E-state index in [1.807, 2.05) is 6.92 Å². The summed E-state index contributed by atoms with van der Waals surface area (Å²) in [7, 11) is 0. The van der Waals surface area contributed by atoms with E-state index in [2.05, 4.69) is 15.6 Å². The van der Waals surface area contributed by atoms with Gasteiger partial charge in [-0.05, 0) is 19.1 Å². The zero-order valence-corrected chi connectivity index (χ0v) is 12.1. The van der Waals surface area contributed by atoms with Crippen LogP contribution in [-0.2, 0) is 6.54 Å². The summed E-state index contributed by atoms with van der Waals surface area (Å²) in [5, 5.41) is 16.8. The molecule has 2 aromatic rings. The van der Waals surface area contributed by atoms with E-state index < -0.39 is 10.8 Å². The van der Waals surface area contributed by atoms with Gasteiger partial charge in [0, 0.05) is 17.6 Å². The summed E-state index contributed by atoms with van der Waals surface area (Å²) in [4.78, 5) is 27.6. The fraction of sp³-hybridized carbons (Fsp3) is 0.231. The Morgan fingerprint density at radius 2 is 2.29 bits per heavy atom. The number of anilines is 1. The third kappa shape index (κ3) is 3.54. The number of carbonyl (C=O) groups excluding carboxylic acids is 1. The van der Waals surface area contributed by atoms with Crippen LogP contribution in [0.2, 0.25) is 0 Å². The van der Waals surface area contributed by atoms with Crippen molar-refractivity contribution in [2.75, 3.05) is 11.9 Å². The summed E-state index contributed by atoms with van der Waals surface area (Å²) in [6.45, 7) is 2.67. The van der Waals surface area contributed by atoms with Crippen molar-refractivity contribution in [1.29, 1.82) is 0 Å². The molecule has 0 aliphatic rings. The number of hydrogen-bond acceptors (Lipinski definition) is 6. The number of nitro benzene ring substituents is 1. The maximum Gasteiger partial charge on any atom is 0.305 e. The van der Waals surface area contributed by atoms with Crippen molar-refractivity contribution >= 4 is 28.6 Å². The largest absolute Gasteiger partial charge is 0.380 e. The summed E-state index contributed by atoms with van der Waals surface area (Å²) in [5.74, 6) is -0.477. The SMILES string of the molecule is CCNc1cccc(C(=O)NCc2cncs2)c1[N+](=O)[O-]. The molecule has 0 fully saturated rings. The van der Waals surface area contributed by atoms with E-state index in [0.717, 1.165) is 4.88 Å². The Hall–Kier alpha value is -2.48. The molecule has 2 N–H and O–H groups in total. The maximum atomic E-state index is 12.2. The minimum Gasteiger partial charge on any atom is -0.380 e. The molecule has 0 aliphatic carbocycles. The zero-order chi connectivity index (χ0) is 15.2. The standard InChI is InChI=1S/C13H14N4O3S/c1-2-15-11-5-3-4-10(12(11)17(19)20)13(18)16-7-9-6-14-8-21-9/h3-6,8,15H,2,7H2,1H3,(H,16,18). The molecule has 0 spiro atoms. The van der Waals surface area contributed by atoms with Crippen molar-refractivity contribution in [2.45, 2.75) is 13.5 Å². The second-order valence-corrected chi connectivity index (χ2v) is 5.11. The Balaban J connectivity index is 2.23. The van der Waals surface area contributed by atoms with Crippen LogP contribution in [0.15, 0.2) is 29.9 Å². The van der Waals surface area contributed by atoms with Gasteiger partial charge in [-0.3, -0.25) is 19.9 Å². The van der Waals surface area contributed by atoms with Gasteiger partial charge in [0.25, 0.3) is 5.91 Å². The molecule has 2 rings (SSSR count). The third-order valence-electron chi connectivity index (χ3n) is 2.74. The number of thiazole rings is 1. The number of carbonyl (C=O) groups is 1. The molecule has 21 heavy (non-hydrogen) atoms. The molecular weight excluding hydrogens is 292 g/mol. The second kappa shape index (κ2) is 6.80. The highest BCUT2D eigenvalue weighted by atomic mass is 32.1. The zero-order valence-electron chi connectivity index (χ0n) is 11.3. The van der Waals surface area contributed by atoms with Crippen molar-refractivity contribution in [2.24, 2.45) is 0 Å². The molecule has 0 saturated carbocycles. The van der Waals surface area contributed by atoms with Crippen molar-refractivity contribution in [1.82, 2.24) is 10.3 Å². The number of nitrogens with one attached hydrogen (secondary N) is 2. The molecular formula is C13H14N4O3S. The Labute approximate surface area is 125 Å². The molecule has 110 valence electrons. The lowest BCUT2D eigenvalue weighted by atomic mass is 10.1. The molecule has 1 heterocycles. The first kappa shape index (κ1) is 14.9. The first-order valence-corrected chi connectivity index (χ1v) is 7.18. The fourth-order valence-corrected chi connectivity index (χ4v) is 2.38. The summed E-state index contributed by atoms with van der Waals surface area (Å²) < 4.78 is 0. The predicted molar refractivity (Wildman–Crippen MR) is 80.5 cm³/mol. The Morgan fingerprint density at radius 3 is 2.90 bits per heavy atom. The van der Waals surface area contributed by atoms with Gasteiger partial charge in [0.2, 0.25) is 0 Å². The van der Waals surface area contributed by atoms with Crippen LogP contribution in [0.5, 0.6) is 0 Å². The molecule has 0 atom stereocenters. The first-order chi connectivity index (χ1) is 10.1. The molecule has 7 nitrogen and oxygen atoms in total. The lowest BCUT2D eigenvalue weighted by molar-refractivity contribution is -0.384. The number of benzene rings is 1. The van der Waals surface area contributed by atoms with Gasteiger partial charge >= 0.3 is 5.69 Å². The van der Waals surface area contributed by atoms with E-state index in [-0.39, 0.29) is 11.3 Å². The molecule has 0 aliphatic heterocycles. The molecule has 8 heteroatoms. The number of nitrogens with zero attached hydrogens (tertiary/aromatic N) is 2. The lowest BCUT2D eigenvalue weighted by Gasteiger charge is -2.09. The summed E-state index contributed by atoms with van der Waals surface area (Å²) in [6.07, 6.45) is 1.65. The van der Waals surface area contributed by atoms with Crippen LogP contribution >= 0.6 is 11.3 Å². The van der Waals surface area contributed by atoms with Gasteiger partial charge in [-0.2, -0.15) is 0 Å². The van der Waals surface area contributed by atoms with E-state index in [9.17, 15) is 14.9 Å². The first-order valence-electron chi connectivity index (χ1n) is 6.30. The smallest absolute Gasteiger partial charge is 0.305 e. The Kier molecular flexibility index (Phi) is 4.83. The minimum atomic E-state index is -0.542. The molecule has 0 saturated heterocycles. The van der Waals surface area contributed by atoms with Crippen LogP contribution in [0.25, 0.3) is 0 Å². The van der Waals surface area contributed by atoms with Gasteiger partial charge in [0.05, 0.1) is 17.0 Å². The van der Waals surface area contributed by atoms with E-state index >= 15 is 0 Å². The average molecular weight is 306 g/mol. The van der Waals surface area contributed by atoms with Gasteiger partial charge in [-0.1, -0.05) is 6.07 Å². The number of para-hydroxylation sites is 1. The van der Waals surface area contributed by atoms with Gasteiger partial charge < -0.3 is 10.6 Å². The van der Waals surface area contributed by atoms with Crippen molar-refractivity contribution in [3.8, 4) is 0 Å². The normalized spacial score (nSPS) is 10.1. The Morgan fingerprint density at radius 1 is 1.48 bits per heavy atom. The molecule has 1 amide bonds. The van der Waals surface area contributed by atoms with Crippen molar-refractivity contribution in [3.63, 3.8) is 0 Å². The highest BCUT2D eigenvalue weighted by molar-refractivity contribution is 7.09. The molecule has 0 bridgehead atoms. The maximum absolute atomic E-state index is 12.2.